The first kappa shape index (κ1) is 14.9. The number of hydrogen-bond donors (Lipinski definition) is 0. The Morgan fingerprint density at radius 3 is 2.25 bits per heavy atom. The number of rotatable bonds is 3. The van der Waals surface area contributed by atoms with E-state index in [-0.39, 0.29) is 0 Å². The lowest BCUT2D eigenvalue weighted by atomic mass is 10.1. The normalized spacial score (nSPS) is 10.5. The van der Waals surface area contributed by atoms with Crippen LogP contribution in [-0.4, -0.2) is 24.2 Å². The lowest BCUT2D eigenvalue weighted by Crippen LogP contribution is -1.98. The van der Waals surface area contributed by atoms with Gasteiger partial charge in [0.05, 0.1) is 19.2 Å². The molecule has 0 aliphatic rings. The number of hydrogen-bond acceptors (Lipinski definition) is 4. The van der Waals surface area contributed by atoms with Crippen LogP contribution in [-0.2, 0) is 0 Å². The molecule has 1 heterocycles. The molecule has 1 aromatic carbocycles. The maximum Gasteiger partial charge on any atom is 0.179 e. The molecule has 0 radical (unpaired) electrons. The molecule has 6 heteroatoms. The second-order valence-electron chi connectivity index (χ2n) is 4.24. The van der Waals surface area contributed by atoms with E-state index in [9.17, 15) is 0 Å². The van der Waals surface area contributed by atoms with E-state index in [0.29, 0.717) is 27.5 Å². The van der Waals surface area contributed by atoms with Crippen LogP contribution in [0.5, 0.6) is 11.5 Å². The third-order valence-electron chi connectivity index (χ3n) is 3.02. The predicted octanol–water partition coefficient (Wildman–Crippen LogP) is 4.08. The summed E-state index contributed by atoms with van der Waals surface area (Å²) in [5.41, 5.74) is 2.41. The quantitative estimate of drug-likeness (QED) is 0.801. The van der Waals surface area contributed by atoms with E-state index in [4.69, 9.17) is 32.7 Å². The van der Waals surface area contributed by atoms with Crippen molar-refractivity contribution in [1.82, 2.24) is 9.97 Å². The van der Waals surface area contributed by atoms with Gasteiger partial charge in [0.1, 0.15) is 5.15 Å². The molecule has 0 saturated heterocycles. The van der Waals surface area contributed by atoms with E-state index < -0.39 is 0 Å². The highest BCUT2D eigenvalue weighted by atomic mass is 35.5. The van der Waals surface area contributed by atoms with Crippen molar-refractivity contribution in [1.29, 1.82) is 0 Å². The zero-order chi connectivity index (χ0) is 14.9. The smallest absolute Gasteiger partial charge is 0.179 e. The van der Waals surface area contributed by atoms with Crippen molar-refractivity contribution in [3.63, 3.8) is 0 Å². The summed E-state index contributed by atoms with van der Waals surface area (Å²) in [6.07, 6.45) is 0. The molecule has 0 bridgehead atoms. The van der Waals surface area contributed by atoms with E-state index in [1.54, 1.807) is 19.2 Å². The molecule has 0 aliphatic heterocycles. The summed E-state index contributed by atoms with van der Waals surface area (Å²) in [5.74, 6) is 1.50. The van der Waals surface area contributed by atoms with Crippen LogP contribution in [0, 0.1) is 13.8 Å². The van der Waals surface area contributed by atoms with Crippen LogP contribution in [0.4, 0.5) is 0 Å². The Morgan fingerprint density at radius 1 is 1.00 bits per heavy atom. The summed E-state index contributed by atoms with van der Waals surface area (Å²) >= 11 is 12.3. The summed E-state index contributed by atoms with van der Waals surface area (Å²) in [6, 6.07) is 3.49. The third kappa shape index (κ3) is 2.67. The molecule has 0 atom stereocenters. The number of halogens is 2. The maximum absolute atomic E-state index is 6.18. The monoisotopic (exact) mass is 312 g/mol. The van der Waals surface area contributed by atoms with Gasteiger partial charge in [0, 0.05) is 16.8 Å². The fourth-order valence-corrected chi connectivity index (χ4v) is 2.27. The van der Waals surface area contributed by atoms with Crippen molar-refractivity contribution in [3.8, 4) is 22.9 Å². The van der Waals surface area contributed by atoms with Gasteiger partial charge in [-0.3, -0.25) is 0 Å². The first-order valence-electron chi connectivity index (χ1n) is 5.90. The topological polar surface area (TPSA) is 44.2 Å². The lowest BCUT2D eigenvalue weighted by Gasteiger charge is -2.12. The first-order chi connectivity index (χ1) is 9.47. The number of aromatic nitrogens is 2. The van der Waals surface area contributed by atoms with Gasteiger partial charge >= 0.3 is 0 Å². The average molecular weight is 313 g/mol. The van der Waals surface area contributed by atoms with Crippen LogP contribution in [0.25, 0.3) is 11.4 Å². The standard InChI is InChI=1S/C14H14Cl2N2O2/c1-7-8(2)17-14(18-13(7)16)9-5-10(15)12(20-4)11(6-9)19-3/h5-6H,1-4H3. The van der Waals surface area contributed by atoms with E-state index >= 15 is 0 Å². The molecule has 4 nitrogen and oxygen atoms in total. The zero-order valence-electron chi connectivity index (χ0n) is 11.6. The van der Waals surface area contributed by atoms with Crippen molar-refractivity contribution in [3.05, 3.63) is 33.6 Å². The van der Waals surface area contributed by atoms with E-state index in [2.05, 4.69) is 9.97 Å². The summed E-state index contributed by atoms with van der Waals surface area (Å²) < 4.78 is 10.5. The molecule has 1 aromatic heterocycles. The molecule has 0 saturated carbocycles. The Balaban J connectivity index is 2.62. The summed E-state index contributed by atoms with van der Waals surface area (Å²) in [6.45, 7) is 3.76. The largest absolute Gasteiger partial charge is 0.493 e. The van der Waals surface area contributed by atoms with Crippen molar-refractivity contribution >= 4 is 23.2 Å². The van der Waals surface area contributed by atoms with Gasteiger partial charge < -0.3 is 9.47 Å². The maximum atomic E-state index is 6.18. The van der Waals surface area contributed by atoms with Crippen LogP contribution in [0.2, 0.25) is 10.2 Å². The number of aryl methyl sites for hydroxylation is 1. The van der Waals surface area contributed by atoms with Gasteiger partial charge in [0.25, 0.3) is 0 Å². The Hall–Kier alpha value is -1.52. The Kier molecular flexibility index (Phi) is 4.35. The van der Waals surface area contributed by atoms with Crippen LogP contribution >= 0.6 is 23.2 Å². The molecule has 0 N–H and O–H groups in total. The van der Waals surface area contributed by atoms with Gasteiger partial charge in [-0.15, -0.1) is 0 Å². The van der Waals surface area contributed by atoms with Gasteiger partial charge in [-0.25, -0.2) is 9.97 Å². The van der Waals surface area contributed by atoms with Gasteiger partial charge in [-0.1, -0.05) is 23.2 Å². The number of benzene rings is 1. The van der Waals surface area contributed by atoms with E-state index in [0.717, 1.165) is 16.8 Å². The number of methoxy groups -OCH3 is 2. The molecule has 0 fully saturated rings. The SMILES string of the molecule is COc1cc(-c2nc(C)c(C)c(Cl)n2)cc(Cl)c1OC. The lowest BCUT2D eigenvalue weighted by molar-refractivity contribution is 0.355. The highest BCUT2D eigenvalue weighted by molar-refractivity contribution is 6.32. The van der Waals surface area contributed by atoms with Crippen molar-refractivity contribution < 1.29 is 9.47 Å². The third-order valence-corrected chi connectivity index (χ3v) is 3.67. The van der Waals surface area contributed by atoms with Crippen molar-refractivity contribution in [2.45, 2.75) is 13.8 Å². The summed E-state index contributed by atoms with van der Waals surface area (Å²) in [4.78, 5) is 8.70. The Bertz CT molecular complexity index is 637. The van der Waals surface area contributed by atoms with E-state index in [1.807, 2.05) is 13.8 Å². The van der Waals surface area contributed by atoms with Crippen molar-refractivity contribution in [2.75, 3.05) is 14.2 Å². The van der Waals surface area contributed by atoms with Gasteiger partial charge in [0.2, 0.25) is 0 Å². The molecule has 0 spiro atoms. The van der Waals surface area contributed by atoms with Gasteiger partial charge in [-0.2, -0.15) is 0 Å². The fraction of sp³-hybridized carbons (Fsp3) is 0.286. The van der Waals surface area contributed by atoms with Crippen LogP contribution in [0.15, 0.2) is 12.1 Å². The Labute approximate surface area is 127 Å². The predicted molar refractivity (Wildman–Crippen MR) is 80.1 cm³/mol. The second-order valence-corrected chi connectivity index (χ2v) is 5.01. The minimum Gasteiger partial charge on any atom is -0.493 e. The molecule has 20 heavy (non-hydrogen) atoms. The van der Waals surface area contributed by atoms with Gasteiger partial charge in [0.15, 0.2) is 17.3 Å². The molecule has 2 aromatic rings. The number of nitrogens with zero attached hydrogens (tertiary/aromatic N) is 2. The summed E-state index contributed by atoms with van der Waals surface area (Å²) in [7, 11) is 3.08. The van der Waals surface area contributed by atoms with Gasteiger partial charge in [-0.05, 0) is 26.0 Å². The molecule has 106 valence electrons. The fourth-order valence-electron chi connectivity index (χ4n) is 1.77. The first-order valence-corrected chi connectivity index (χ1v) is 6.66. The van der Waals surface area contributed by atoms with E-state index in [1.165, 1.54) is 7.11 Å². The average Bonchev–Trinajstić information content (AvgIpc) is 2.43. The molecular formula is C14H14Cl2N2O2. The van der Waals surface area contributed by atoms with Crippen LogP contribution in [0.3, 0.4) is 0 Å². The molecule has 0 amide bonds. The minimum absolute atomic E-state index is 0.429. The molecule has 0 unspecified atom stereocenters. The molecule has 0 aliphatic carbocycles. The highest BCUT2D eigenvalue weighted by Gasteiger charge is 2.15. The summed E-state index contributed by atoms with van der Waals surface area (Å²) in [5, 5.41) is 0.859. The van der Waals surface area contributed by atoms with Crippen LogP contribution in [0.1, 0.15) is 11.3 Å². The number of ether oxygens (including phenoxy) is 2. The molecular weight excluding hydrogens is 299 g/mol. The highest BCUT2D eigenvalue weighted by Crippen LogP contribution is 2.38. The minimum atomic E-state index is 0.429. The second kappa shape index (κ2) is 5.85. The van der Waals surface area contributed by atoms with Crippen LogP contribution < -0.4 is 9.47 Å². The van der Waals surface area contributed by atoms with Crippen molar-refractivity contribution in [2.24, 2.45) is 0 Å². The Morgan fingerprint density at radius 2 is 1.70 bits per heavy atom. The molecule has 2 rings (SSSR count). The zero-order valence-corrected chi connectivity index (χ0v) is 13.1.